The highest BCUT2D eigenvalue weighted by Crippen LogP contribution is 2.22. The van der Waals surface area contributed by atoms with Crippen molar-refractivity contribution in [3.8, 4) is 0 Å². The van der Waals surface area contributed by atoms with E-state index in [1.54, 1.807) is 6.33 Å². The van der Waals surface area contributed by atoms with Crippen LogP contribution in [-0.2, 0) is 6.42 Å². The molecule has 2 heterocycles. The first kappa shape index (κ1) is 13.3. The second kappa shape index (κ2) is 5.22. The van der Waals surface area contributed by atoms with Crippen molar-refractivity contribution in [2.45, 2.75) is 40.2 Å². The zero-order valence-electron chi connectivity index (χ0n) is 11.9. The molecule has 100 valence electrons. The van der Waals surface area contributed by atoms with Crippen molar-refractivity contribution in [3.63, 3.8) is 0 Å². The highest BCUT2D eigenvalue weighted by molar-refractivity contribution is 5.41. The standard InChI is InChI=1S/C14H24N4/c1-11-9-15-5-6-18(11)13-7-12(16-10-17-13)8-14(2,3)4/h7,10-11,15H,5-6,8-9H2,1-4H3/t11-/m1/s1. The first-order chi connectivity index (χ1) is 8.46. The lowest BCUT2D eigenvalue weighted by molar-refractivity contribution is 0.405. The molecule has 1 aliphatic heterocycles. The Morgan fingerprint density at radius 3 is 2.83 bits per heavy atom. The largest absolute Gasteiger partial charge is 0.351 e. The van der Waals surface area contributed by atoms with Gasteiger partial charge in [-0.2, -0.15) is 0 Å². The van der Waals surface area contributed by atoms with Gasteiger partial charge in [0.25, 0.3) is 0 Å². The summed E-state index contributed by atoms with van der Waals surface area (Å²) in [5.41, 5.74) is 1.40. The van der Waals surface area contributed by atoms with Gasteiger partial charge in [-0.15, -0.1) is 0 Å². The molecule has 18 heavy (non-hydrogen) atoms. The van der Waals surface area contributed by atoms with Crippen LogP contribution in [0.3, 0.4) is 0 Å². The third kappa shape index (κ3) is 3.42. The van der Waals surface area contributed by atoms with E-state index in [-0.39, 0.29) is 5.41 Å². The first-order valence-electron chi connectivity index (χ1n) is 6.74. The molecule has 0 aliphatic carbocycles. The fourth-order valence-electron chi connectivity index (χ4n) is 2.36. The van der Waals surface area contributed by atoms with Crippen molar-refractivity contribution < 1.29 is 0 Å². The quantitative estimate of drug-likeness (QED) is 0.867. The maximum absolute atomic E-state index is 4.43. The van der Waals surface area contributed by atoms with Crippen LogP contribution in [0.1, 0.15) is 33.4 Å². The minimum absolute atomic E-state index is 0.265. The van der Waals surface area contributed by atoms with E-state index in [1.165, 1.54) is 0 Å². The number of anilines is 1. The minimum Gasteiger partial charge on any atom is -0.351 e. The third-order valence-corrected chi connectivity index (χ3v) is 3.22. The second-order valence-electron chi connectivity index (χ2n) is 6.35. The molecule has 2 rings (SSSR count). The van der Waals surface area contributed by atoms with Gasteiger partial charge < -0.3 is 10.2 Å². The van der Waals surface area contributed by atoms with Crippen LogP contribution in [0.5, 0.6) is 0 Å². The highest BCUT2D eigenvalue weighted by Gasteiger charge is 2.20. The van der Waals surface area contributed by atoms with E-state index in [4.69, 9.17) is 0 Å². The SMILES string of the molecule is C[C@@H]1CNCCN1c1cc(CC(C)(C)C)ncn1. The molecule has 1 aliphatic rings. The van der Waals surface area contributed by atoms with Gasteiger partial charge in [-0.05, 0) is 18.8 Å². The summed E-state index contributed by atoms with van der Waals surface area (Å²) in [4.78, 5) is 11.2. The maximum Gasteiger partial charge on any atom is 0.132 e. The molecule has 1 saturated heterocycles. The van der Waals surface area contributed by atoms with E-state index in [0.29, 0.717) is 6.04 Å². The van der Waals surface area contributed by atoms with E-state index in [9.17, 15) is 0 Å². The van der Waals surface area contributed by atoms with Crippen molar-refractivity contribution in [3.05, 3.63) is 18.1 Å². The Hall–Kier alpha value is -1.16. The number of hydrogen-bond donors (Lipinski definition) is 1. The van der Waals surface area contributed by atoms with Gasteiger partial charge in [-0.3, -0.25) is 0 Å². The molecule has 4 nitrogen and oxygen atoms in total. The molecule has 0 aromatic carbocycles. The molecule has 1 aromatic rings. The zero-order chi connectivity index (χ0) is 13.2. The molecular weight excluding hydrogens is 224 g/mol. The Kier molecular flexibility index (Phi) is 3.85. The number of aromatic nitrogens is 2. The molecule has 0 amide bonds. The fourth-order valence-corrected chi connectivity index (χ4v) is 2.36. The lowest BCUT2D eigenvalue weighted by atomic mass is 9.90. The van der Waals surface area contributed by atoms with Crippen LogP contribution in [-0.4, -0.2) is 35.6 Å². The number of nitrogens with zero attached hydrogens (tertiary/aromatic N) is 3. The summed E-state index contributed by atoms with van der Waals surface area (Å²) in [7, 11) is 0. The number of piperazine rings is 1. The normalized spacial score (nSPS) is 21.1. The monoisotopic (exact) mass is 248 g/mol. The lowest BCUT2D eigenvalue weighted by Crippen LogP contribution is -2.50. The van der Waals surface area contributed by atoms with Crippen molar-refractivity contribution in [2.24, 2.45) is 5.41 Å². The molecule has 4 heteroatoms. The van der Waals surface area contributed by atoms with Crippen LogP contribution in [0, 0.1) is 5.41 Å². The highest BCUT2D eigenvalue weighted by atomic mass is 15.3. The van der Waals surface area contributed by atoms with Crippen LogP contribution in [0.2, 0.25) is 0 Å². The molecule has 0 spiro atoms. The predicted molar refractivity (Wildman–Crippen MR) is 74.9 cm³/mol. The van der Waals surface area contributed by atoms with Gasteiger partial charge in [0.1, 0.15) is 12.1 Å². The molecule has 0 bridgehead atoms. The van der Waals surface area contributed by atoms with Crippen molar-refractivity contribution in [1.29, 1.82) is 0 Å². The predicted octanol–water partition coefficient (Wildman–Crippen LogP) is 1.86. The Morgan fingerprint density at radius 2 is 2.17 bits per heavy atom. The van der Waals surface area contributed by atoms with Gasteiger partial charge in [-0.25, -0.2) is 9.97 Å². The zero-order valence-corrected chi connectivity index (χ0v) is 11.9. The lowest BCUT2D eigenvalue weighted by Gasteiger charge is -2.35. The van der Waals surface area contributed by atoms with E-state index < -0.39 is 0 Å². The molecule has 0 radical (unpaired) electrons. The van der Waals surface area contributed by atoms with Gasteiger partial charge in [0.15, 0.2) is 0 Å². The maximum atomic E-state index is 4.43. The van der Waals surface area contributed by atoms with Crippen LogP contribution >= 0.6 is 0 Å². The summed E-state index contributed by atoms with van der Waals surface area (Å²) in [6, 6.07) is 2.64. The summed E-state index contributed by atoms with van der Waals surface area (Å²) in [5, 5.41) is 3.40. The molecular formula is C14H24N4. The Bertz CT molecular complexity index is 397. The van der Waals surface area contributed by atoms with Gasteiger partial charge in [0, 0.05) is 37.4 Å². The fraction of sp³-hybridized carbons (Fsp3) is 0.714. The van der Waals surface area contributed by atoms with Crippen LogP contribution in [0.4, 0.5) is 5.82 Å². The minimum atomic E-state index is 0.265. The number of rotatable bonds is 2. The Morgan fingerprint density at radius 1 is 1.39 bits per heavy atom. The first-order valence-corrected chi connectivity index (χ1v) is 6.74. The molecule has 0 saturated carbocycles. The van der Waals surface area contributed by atoms with E-state index in [2.05, 4.69) is 53.9 Å². The molecule has 1 N–H and O–H groups in total. The Balaban J connectivity index is 2.16. The summed E-state index contributed by atoms with van der Waals surface area (Å²) in [5.74, 6) is 1.07. The van der Waals surface area contributed by atoms with Gasteiger partial charge in [0.2, 0.25) is 0 Å². The summed E-state index contributed by atoms with van der Waals surface area (Å²) in [6.07, 6.45) is 2.69. The van der Waals surface area contributed by atoms with E-state index >= 15 is 0 Å². The third-order valence-electron chi connectivity index (χ3n) is 3.22. The van der Waals surface area contributed by atoms with Gasteiger partial charge in [-0.1, -0.05) is 20.8 Å². The topological polar surface area (TPSA) is 41.0 Å². The summed E-state index contributed by atoms with van der Waals surface area (Å²) >= 11 is 0. The van der Waals surface area contributed by atoms with Gasteiger partial charge in [0.05, 0.1) is 0 Å². The molecule has 1 aromatic heterocycles. The van der Waals surface area contributed by atoms with Gasteiger partial charge >= 0.3 is 0 Å². The summed E-state index contributed by atoms with van der Waals surface area (Å²) in [6.45, 7) is 12.0. The molecule has 1 fully saturated rings. The van der Waals surface area contributed by atoms with Crippen molar-refractivity contribution in [2.75, 3.05) is 24.5 Å². The van der Waals surface area contributed by atoms with Crippen LogP contribution in [0.15, 0.2) is 12.4 Å². The van der Waals surface area contributed by atoms with Crippen molar-refractivity contribution in [1.82, 2.24) is 15.3 Å². The van der Waals surface area contributed by atoms with E-state index in [0.717, 1.165) is 37.6 Å². The smallest absolute Gasteiger partial charge is 0.132 e. The van der Waals surface area contributed by atoms with Crippen LogP contribution < -0.4 is 10.2 Å². The number of hydrogen-bond acceptors (Lipinski definition) is 4. The summed E-state index contributed by atoms with van der Waals surface area (Å²) < 4.78 is 0. The second-order valence-corrected chi connectivity index (χ2v) is 6.35. The molecule has 1 atom stereocenters. The van der Waals surface area contributed by atoms with E-state index in [1.807, 2.05) is 0 Å². The average molecular weight is 248 g/mol. The van der Waals surface area contributed by atoms with Crippen LogP contribution in [0.25, 0.3) is 0 Å². The molecule has 0 unspecified atom stereocenters. The van der Waals surface area contributed by atoms with Crippen molar-refractivity contribution >= 4 is 5.82 Å². The average Bonchev–Trinajstić information content (AvgIpc) is 2.27. The number of nitrogens with one attached hydrogen (secondary N) is 1. The Labute approximate surface area is 110 Å².